The second-order valence-corrected chi connectivity index (χ2v) is 6.23. The van der Waals surface area contributed by atoms with E-state index < -0.39 is 0 Å². The third-order valence-electron chi connectivity index (χ3n) is 2.82. The molecule has 0 bridgehead atoms. The average molecular weight is 305 g/mol. The number of thioether (sulfide) groups is 1. The molecule has 0 fully saturated rings. The molecule has 0 aliphatic rings. The monoisotopic (exact) mass is 305 g/mol. The lowest BCUT2D eigenvalue weighted by Crippen LogP contribution is -2.19. The second kappa shape index (κ2) is 8.10. The summed E-state index contributed by atoms with van der Waals surface area (Å²) in [4.78, 5) is 9.37. The van der Waals surface area contributed by atoms with Gasteiger partial charge in [-0.25, -0.2) is 14.4 Å². The van der Waals surface area contributed by atoms with E-state index in [1.54, 1.807) is 18.3 Å². The molecule has 1 heterocycles. The van der Waals surface area contributed by atoms with Crippen molar-refractivity contribution in [3.8, 4) is 0 Å². The molecule has 0 radical (unpaired) electrons. The summed E-state index contributed by atoms with van der Waals surface area (Å²) in [6, 6.07) is 8.67. The molecular formula is C16H20FN3S. The van der Waals surface area contributed by atoms with Gasteiger partial charge in [0.2, 0.25) is 0 Å². The van der Waals surface area contributed by atoms with Crippen LogP contribution >= 0.6 is 11.8 Å². The molecular weight excluding hydrogens is 285 g/mol. The van der Waals surface area contributed by atoms with Crippen LogP contribution in [0.2, 0.25) is 0 Å². The molecule has 1 aromatic heterocycles. The number of rotatable bonds is 7. The molecule has 0 aliphatic heterocycles. The van der Waals surface area contributed by atoms with Crippen LogP contribution in [0.15, 0.2) is 41.4 Å². The molecule has 2 rings (SSSR count). The fourth-order valence-corrected chi connectivity index (χ4v) is 2.61. The highest BCUT2D eigenvalue weighted by atomic mass is 32.2. The summed E-state index contributed by atoms with van der Waals surface area (Å²) in [5, 5.41) is 3.35. The summed E-state index contributed by atoms with van der Waals surface area (Å²) in [6.07, 6.45) is 1.76. The van der Waals surface area contributed by atoms with Crippen LogP contribution in [0.4, 0.5) is 4.39 Å². The van der Waals surface area contributed by atoms with Crippen LogP contribution in [-0.2, 0) is 12.3 Å². The van der Waals surface area contributed by atoms with Gasteiger partial charge in [0, 0.05) is 17.6 Å². The van der Waals surface area contributed by atoms with E-state index in [2.05, 4.69) is 29.1 Å². The molecule has 1 N–H and O–H groups in total. The molecule has 0 saturated carbocycles. The Bertz CT molecular complexity index is 575. The van der Waals surface area contributed by atoms with E-state index in [1.807, 2.05) is 12.1 Å². The van der Waals surface area contributed by atoms with Gasteiger partial charge >= 0.3 is 0 Å². The van der Waals surface area contributed by atoms with Gasteiger partial charge in [0.25, 0.3) is 0 Å². The van der Waals surface area contributed by atoms with Crippen LogP contribution in [0.25, 0.3) is 0 Å². The van der Waals surface area contributed by atoms with Gasteiger partial charge in [-0.05, 0) is 30.7 Å². The lowest BCUT2D eigenvalue weighted by molar-refractivity contribution is 0.547. The molecule has 0 saturated heterocycles. The van der Waals surface area contributed by atoms with E-state index >= 15 is 0 Å². The highest BCUT2D eigenvalue weighted by Crippen LogP contribution is 2.23. The first-order valence-corrected chi connectivity index (χ1v) is 8.02. The normalized spacial score (nSPS) is 11.0. The summed E-state index contributed by atoms with van der Waals surface area (Å²) in [5.41, 5.74) is 0.967. The predicted molar refractivity (Wildman–Crippen MR) is 84.5 cm³/mol. The van der Waals surface area contributed by atoms with Crippen molar-refractivity contribution in [2.45, 2.75) is 31.0 Å². The van der Waals surface area contributed by atoms with Crippen molar-refractivity contribution in [2.24, 2.45) is 5.92 Å². The minimum absolute atomic E-state index is 0.197. The smallest absolute Gasteiger partial charge is 0.138 e. The van der Waals surface area contributed by atoms with Crippen LogP contribution in [-0.4, -0.2) is 16.5 Å². The fourth-order valence-electron chi connectivity index (χ4n) is 1.80. The summed E-state index contributed by atoms with van der Waals surface area (Å²) in [5.74, 6) is 1.71. The van der Waals surface area contributed by atoms with Gasteiger partial charge in [-0.15, -0.1) is 11.8 Å². The Balaban J connectivity index is 1.90. The molecule has 2 aromatic rings. The molecule has 0 amide bonds. The zero-order chi connectivity index (χ0) is 15.1. The van der Waals surface area contributed by atoms with Crippen molar-refractivity contribution in [1.29, 1.82) is 0 Å². The number of aromatic nitrogens is 2. The van der Waals surface area contributed by atoms with E-state index in [0.29, 0.717) is 16.6 Å². The Morgan fingerprint density at radius 2 is 2.05 bits per heavy atom. The zero-order valence-electron chi connectivity index (χ0n) is 12.3. The molecule has 0 spiro atoms. The van der Waals surface area contributed by atoms with Crippen molar-refractivity contribution >= 4 is 11.8 Å². The summed E-state index contributed by atoms with van der Waals surface area (Å²) >= 11 is 1.42. The molecule has 0 aliphatic carbocycles. The van der Waals surface area contributed by atoms with Gasteiger partial charge in [0.05, 0.1) is 11.4 Å². The van der Waals surface area contributed by atoms with Crippen molar-refractivity contribution in [3.63, 3.8) is 0 Å². The van der Waals surface area contributed by atoms with Crippen LogP contribution in [0.5, 0.6) is 0 Å². The molecule has 5 heteroatoms. The quantitative estimate of drug-likeness (QED) is 0.792. The second-order valence-electron chi connectivity index (χ2n) is 5.21. The SMILES string of the molecule is CC(C)CNCc1ccnc(CSc2ccccc2F)n1. The minimum atomic E-state index is -0.197. The lowest BCUT2D eigenvalue weighted by atomic mass is 10.2. The van der Waals surface area contributed by atoms with Crippen LogP contribution in [0.3, 0.4) is 0 Å². The summed E-state index contributed by atoms with van der Waals surface area (Å²) in [7, 11) is 0. The van der Waals surface area contributed by atoms with E-state index in [-0.39, 0.29) is 5.82 Å². The van der Waals surface area contributed by atoms with Gasteiger partial charge in [0.15, 0.2) is 0 Å². The summed E-state index contributed by atoms with van der Waals surface area (Å²) in [6.45, 7) is 6.04. The molecule has 0 atom stereocenters. The maximum atomic E-state index is 13.5. The van der Waals surface area contributed by atoms with Crippen molar-refractivity contribution in [3.05, 3.63) is 53.9 Å². The van der Waals surface area contributed by atoms with Crippen molar-refractivity contribution in [1.82, 2.24) is 15.3 Å². The van der Waals surface area contributed by atoms with Crippen molar-refractivity contribution in [2.75, 3.05) is 6.54 Å². The molecule has 1 aromatic carbocycles. The third-order valence-corrected chi connectivity index (χ3v) is 3.86. The number of hydrogen-bond acceptors (Lipinski definition) is 4. The third kappa shape index (κ3) is 5.44. The Hall–Kier alpha value is -1.46. The fraction of sp³-hybridized carbons (Fsp3) is 0.375. The highest BCUT2D eigenvalue weighted by Gasteiger charge is 2.05. The standard InChI is InChI=1S/C16H20FN3S/c1-12(2)9-18-10-13-7-8-19-16(20-13)11-21-15-6-4-3-5-14(15)17/h3-8,12,18H,9-11H2,1-2H3. The van der Waals surface area contributed by atoms with Crippen molar-refractivity contribution < 1.29 is 4.39 Å². The van der Waals surface area contributed by atoms with E-state index in [4.69, 9.17) is 0 Å². The van der Waals surface area contributed by atoms with Gasteiger partial charge in [-0.1, -0.05) is 26.0 Å². The van der Waals surface area contributed by atoms with Gasteiger partial charge < -0.3 is 5.32 Å². The van der Waals surface area contributed by atoms with E-state index in [9.17, 15) is 4.39 Å². The first-order valence-electron chi connectivity index (χ1n) is 7.04. The molecule has 0 unspecified atom stereocenters. The van der Waals surface area contributed by atoms with Gasteiger partial charge in [0.1, 0.15) is 11.6 Å². The van der Waals surface area contributed by atoms with Crippen LogP contribution in [0.1, 0.15) is 25.4 Å². The Morgan fingerprint density at radius 3 is 2.81 bits per heavy atom. The van der Waals surface area contributed by atoms with E-state index in [1.165, 1.54) is 17.8 Å². The number of halogens is 1. The average Bonchev–Trinajstić information content (AvgIpc) is 2.46. The van der Waals surface area contributed by atoms with Gasteiger partial charge in [-0.2, -0.15) is 0 Å². The number of benzene rings is 1. The number of hydrogen-bond donors (Lipinski definition) is 1. The lowest BCUT2D eigenvalue weighted by Gasteiger charge is -2.08. The first kappa shape index (κ1) is 15.9. The predicted octanol–water partition coefficient (Wildman–Crippen LogP) is 3.65. The maximum Gasteiger partial charge on any atom is 0.138 e. The number of nitrogens with one attached hydrogen (secondary N) is 1. The molecule has 3 nitrogen and oxygen atoms in total. The van der Waals surface area contributed by atoms with E-state index in [0.717, 1.165) is 24.6 Å². The largest absolute Gasteiger partial charge is 0.311 e. The van der Waals surface area contributed by atoms with Gasteiger partial charge in [-0.3, -0.25) is 0 Å². The molecule has 21 heavy (non-hydrogen) atoms. The summed E-state index contributed by atoms with van der Waals surface area (Å²) < 4.78 is 13.5. The maximum absolute atomic E-state index is 13.5. The topological polar surface area (TPSA) is 37.8 Å². The Kier molecular flexibility index (Phi) is 6.14. The Morgan fingerprint density at radius 1 is 1.24 bits per heavy atom. The number of nitrogens with zero attached hydrogens (tertiary/aromatic N) is 2. The highest BCUT2D eigenvalue weighted by molar-refractivity contribution is 7.98. The Labute approximate surface area is 129 Å². The minimum Gasteiger partial charge on any atom is -0.311 e. The zero-order valence-corrected chi connectivity index (χ0v) is 13.2. The van der Waals surface area contributed by atoms with Crippen LogP contribution < -0.4 is 5.32 Å². The van der Waals surface area contributed by atoms with Crippen LogP contribution in [0, 0.1) is 11.7 Å². The molecule has 112 valence electrons. The first-order chi connectivity index (χ1) is 10.1.